The topological polar surface area (TPSA) is 116 Å². The van der Waals surface area contributed by atoms with Crippen molar-refractivity contribution in [1.29, 1.82) is 0 Å². The SMILES string of the molecule is COc1cc(/C=N/NC(=O)c2ccncc2)cc(I)c1OCc1ccc([N+](=O)[O-])cc1. The third-order valence-corrected chi connectivity index (χ3v) is 4.91. The number of non-ortho nitro benzene ring substituents is 1. The van der Waals surface area contributed by atoms with Crippen molar-refractivity contribution in [2.45, 2.75) is 6.61 Å². The minimum absolute atomic E-state index is 0.0237. The van der Waals surface area contributed by atoms with Gasteiger partial charge in [0.1, 0.15) is 6.61 Å². The largest absolute Gasteiger partial charge is 0.493 e. The van der Waals surface area contributed by atoms with Gasteiger partial charge in [-0.1, -0.05) is 0 Å². The van der Waals surface area contributed by atoms with Crippen LogP contribution < -0.4 is 14.9 Å². The highest BCUT2D eigenvalue weighted by Crippen LogP contribution is 2.34. The van der Waals surface area contributed by atoms with Crippen LogP contribution in [-0.4, -0.2) is 29.1 Å². The number of carbonyl (C=O) groups is 1. The predicted octanol–water partition coefficient (Wildman–Crippen LogP) is 3.95. The number of carbonyl (C=O) groups excluding carboxylic acids is 1. The fourth-order valence-corrected chi connectivity index (χ4v) is 3.34. The number of hydrazone groups is 1. The number of nitrogens with one attached hydrogen (secondary N) is 1. The maximum absolute atomic E-state index is 12.0. The first-order valence-electron chi connectivity index (χ1n) is 8.95. The van der Waals surface area contributed by atoms with E-state index in [-0.39, 0.29) is 18.2 Å². The first-order chi connectivity index (χ1) is 15.0. The number of nitro benzene ring substituents is 1. The van der Waals surface area contributed by atoms with E-state index < -0.39 is 4.92 Å². The van der Waals surface area contributed by atoms with Crippen molar-refractivity contribution in [3.8, 4) is 11.5 Å². The second-order valence-corrected chi connectivity index (χ2v) is 7.34. The number of nitrogens with zero attached hydrogens (tertiary/aromatic N) is 3. The van der Waals surface area contributed by atoms with Crippen molar-refractivity contribution in [1.82, 2.24) is 10.4 Å². The lowest BCUT2D eigenvalue weighted by Crippen LogP contribution is -2.17. The molecule has 3 aromatic rings. The fourth-order valence-electron chi connectivity index (χ4n) is 2.56. The number of aromatic nitrogens is 1. The normalized spacial score (nSPS) is 10.6. The second kappa shape index (κ2) is 10.5. The predicted molar refractivity (Wildman–Crippen MR) is 122 cm³/mol. The van der Waals surface area contributed by atoms with E-state index in [1.165, 1.54) is 37.9 Å². The molecule has 1 amide bonds. The second-order valence-electron chi connectivity index (χ2n) is 6.18. The summed E-state index contributed by atoms with van der Waals surface area (Å²) in [6.45, 7) is 0.222. The summed E-state index contributed by atoms with van der Waals surface area (Å²) in [4.78, 5) is 26.2. The lowest BCUT2D eigenvalue weighted by molar-refractivity contribution is -0.384. The number of methoxy groups -OCH3 is 1. The maximum atomic E-state index is 12.0. The molecule has 31 heavy (non-hydrogen) atoms. The quantitative estimate of drug-likeness (QED) is 0.203. The number of rotatable bonds is 8. The molecule has 0 saturated carbocycles. The van der Waals surface area contributed by atoms with Crippen molar-refractivity contribution >= 4 is 40.4 Å². The summed E-state index contributed by atoms with van der Waals surface area (Å²) in [6, 6.07) is 12.9. The highest BCUT2D eigenvalue weighted by molar-refractivity contribution is 14.1. The first-order valence-corrected chi connectivity index (χ1v) is 10.0. The minimum atomic E-state index is -0.448. The molecule has 9 nitrogen and oxygen atoms in total. The molecular weight excluding hydrogens is 515 g/mol. The van der Waals surface area contributed by atoms with E-state index in [9.17, 15) is 14.9 Å². The zero-order valence-corrected chi connectivity index (χ0v) is 18.5. The average Bonchev–Trinajstić information content (AvgIpc) is 2.78. The molecule has 0 radical (unpaired) electrons. The van der Waals surface area contributed by atoms with E-state index in [0.717, 1.165) is 9.13 Å². The Labute approximate surface area is 191 Å². The molecule has 0 aliphatic heterocycles. The number of halogens is 1. The molecule has 0 fully saturated rings. The van der Waals surface area contributed by atoms with Gasteiger partial charge in [0, 0.05) is 30.1 Å². The van der Waals surface area contributed by atoms with Crippen molar-refractivity contribution < 1.29 is 19.2 Å². The Balaban J connectivity index is 1.68. The van der Waals surface area contributed by atoms with Gasteiger partial charge in [-0.05, 0) is 70.1 Å². The standard InChI is InChI=1S/C21H17IN4O5/c1-30-19-11-15(12-24-25-21(27)16-6-8-23-9-7-16)10-18(22)20(19)31-13-14-2-4-17(5-3-14)26(28)29/h2-12H,13H2,1H3,(H,25,27)/b24-12+. The van der Waals surface area contributed by atoms with Crippen LogP contribution in [0.2, 0.25) is 0 Å². The number of ether oxygens (including phenoxy) is 2. The Hall–Kier alpha value is -3.54. The molecule has 2 aromatic carbocycles. The zero-order chi connectivity index (χ0) is 22.2. The number of pyridine rings is 1. The van der Waals surface area contributed by atoms with Crippen LogP contribution in [0.15, 0.2) is 66.0 Å². The molecule has 0 aliphatic carbocycles. The van der Waals surface area contributed by atoms with Crippen LogP contribution in [0, 0.1) is 13.7 Å². The Morgan fingerprint density at radius 1 is 1.23 bits per heavy atom. The van der Waals surface area contributed by atoms with Gasteiger partial charge in [0.15, 0.2) is 11.5 Å². The van der Waals surface area contributed by atoms with Crippen LogP contribution in [0.5, 0.6) is 11.5 Å². The fraction of sp³-hybridized carbons (Fsp3) is 0.0952. The summed E-state index contributed by atoms with van der Waals surface area (Å²) in [5, 5.41) is 14.7. The molecule has 158 valence electrons. The van der Waals surface area contributed by atoms with E-state index in [2.05, 4.69) is 38.1 Å². The zero-order valence-electron chi connectivity index (χ0n) is 16.3. The van der Waals surface area contributed by atoms with E-state index in [1.807, 2.05) is 6.07 Å². The summed E-state index contributed by atoms with van der Waals surface area (Å²) in [7, 11) is 1.52. The summed E-state index contributed by atoms with van der Waals surface area (Å²) in [6.07, 6.45) is 4.56. The molecule has 1 heterocycles. The molecule has 0 aliphatic rings. The summed E-state index contributed by atoms with van der Waals surface area (Å²) < 4.78 is 12.1. The molecule has 1 aromatic heterocycles. The lowest BCUT2D eigenvalue weighted by atomic mass is 10.2. The van der Waals surface area contributed by atoms with Gasteiger partial charge in [-0.3, -0.25) is 19.9 Å². The lowest BCUT2D eigenvalue weighted by Gasteiger charge is -2.13. The van der Waals surface area contributed by atoms with Crippen molar-refractivity contribution in [2.75, 3.05) is 7.11 Å². The van der Waals surface area contributed by atoms with E-state index in [1.54, 1.807) is 30.3 Å². The van der Waals surface area contributed by atoms with Gasteiger partial charge in [0.05, 0.1) is 21.8 Å². The minimum Gasteiger partial charge on any atom is -0.493 e. The number of hydrogen-bond donors (Lipinski definition) is 1. The number of hydrogen-bond acceptors (Lipinski definition) is 7. The highest BCUT2D eigenvalue weighted by atomic mass is 127. The molecule has 0 saturated heterocycles. The number of amides is 1. The van der Waals surface area contributed by atoms with Gasteiger partial charge in [0.2, 0.25) is 0 Å². The van der Waals surface area contributed by atoms with Crippen LogP contribution in [0.1, 0.15) is 21.5 Å². The van der Waals surface area contributed by atoms with Gasteiger partial charge in [-0.25, -0.2) is 5.43 Å². The Bertz CT molecular complexity index is 1100. The molecule has 0 spiro atoms. The highest BCUT2D eigenvalue weighted by Gasteiger charge is 2.12. The molecule has 0 atom stereocenters. The van der Waals surface area contributed by atoms with E-state index in [4.69, 9.17) is 9.47 Å². The van der Waals surface area contributed by atoms with Crippen molar-refractivity contribution in [2.24, 2.45) is 5.10 Å². The van der Waals surface area contributed by atoms with Crippen LogP contribution in [0.25, 0.3) is 0 Å². The molecule has 10 heteroatoms. The summed E-state index contributed by atoms with van der Waals surface area (Å²) in [5.41, 5.74) is 4.43. The van der Waals surface area contributed by atoms with Crippen LogP contribution >= 0.6 is 22.6 Å². The monoisotopic (exact) mass is 532 g/mol. The van der Waals surface area contributed by atoms with Crippen molar-refractivity contribution in [3.05, 3.63) is 91.3 Å². The van der Waals surface area contributed by atoms with Crippen LogP contribution in [-0.2, 0) is 6.61 Å². The van der Waals surface area contributed by atoms with Gasteiger partial charge in [-0.2, -0.15) is 5.10 Å². The number of benzene rings is 2. The van der Waals surface area contributed by atoms with Gasteiger partial charge < -0.3 is 9.47 Å². The number of nitro groups is 1. The molecule has 1 N–H and O–H groups in total. The van der Waals surface area contributed by atoms with Crippen molar-refractivity contribution in [3.63, 3.8) is 0 Å². The molecule has 0 bridgehead atoms. The first kappa shape index (κ1) is 22.2. The maximum Gasteiger partial charge on any atom is 0.271 e. The van der Waals surface area contributed by atoms with Gasteiger partial charge in [0.25, 0.3) is 11.6 Å². The summed E-state index contributed by atoms with van der Waals surface area (Å²) >= 11 is 2.12. The molecule has 3 rings (SSSR count). The Morgan fingerprint density at radius 2 is 1.94 bits per heavy atom. The van der Waals surface area contributed by atoms with Crippen LogP contribution in [0.3, 0.4) is 0 Å². The smallest absolute Gasteiger partial charge is 0.271 e. The third-order valence-electron chi connectivity index (χ3n) is 4.10. The van der Waals surface area contributed by atoms with E-state index >= 15 is 0 Å². The van der Waals surface area contributed by atoms with Crippen LogP contribution in [0.4, 0.5) is 5.69 Å². The molecule has 0 unspecified atom stereocenters. The average molecular weight is 532 g/mol. The molecular formula is C21H17IN4O5. The van der Waals surface area contributed by atoms with E-state index in [0.29, 0.717) is 22.6 Å². The Kier molecular flexibility index (Phi) is 7.49. The Morgan fingerprint density at radius 3 is 2.58 bits per heavy atom. The van der Waals surface area contributed by atoms with Gasteiger partial charge >= 0.3 is 0 Å². The third kappa shape index (κ3) is 5.98. The van der Waals surface area contributed by atoms with Gasteiger partial charge in [-0.15, -0.1) is 0 Å². The summed E-state index contributed by atoms with van der Waals surface area (Å²) in [5.74, 6) is 0.693.